The summed E-state index contributed by atoms with van der Waals surface area (Å²) in [7, 11) is 1.52. The first-order valence-corrected chi connectivity index (χ1v) is 7.93. The molecule has 1 aromatic carbocycles. The molecule has 0 saturated heterocycles. The summed E-state index contributed by atoms with van der Waals surface area (Å²) in [5.74, 6) is 1.19. The molecule has 0 radical (unpaired) electrons. The van der Waals surface area contributed by atoms with Gasteiger partial charge in [-0.1, -0.05) is 33.1 Å². The predicted octanol–water partition coefficient (Wildman–Crippen LogP) is 3.90. The van der Waals surface area contributed by atoms with Crippen LogP contribution in [-0.4, -0.2) is 23.9 Å². The van der Waals surface area contributed by atoms with Gasteiger partial charge >= 0.3 is 0 Å². The molecule has 0 fully saturated rings. The maximum Gasteiger partial charge on any atom is 0.170 e. The number of phenolic OH excluding ortho intramolecular Hbond substituents is 1. The van der Waals surface area contributed by atoms with Crippen molar-refractivity contribution in [2.75, 3.05) is 19.0 Å². The average molecular weight is 310 g/mol. The molecule has 0 aliphatic heterocycles. The van der Waals surface area contributed by atoms with Gasteiger partial charge in [0.25, 0.3) is 0 Å². The number of ether oxygens (including phenoxy) is 1. The molecule has 0 aliphatic carbocycles. The van der Waals surface area contributed by atoms with Gasteiger partial charge in [0.15, 0.2) is 16.6 Å². The molecule has 0 unspecified atom stereocenters. The first-order valence-electron chi connectivity index (χ1n) is 7.52. The average Bonchev–Trinajstić information content (AvgIpc) is 2.47. The second-order valence-corrected chi connectivity index (χ2v) is 5.55. The third-order valence-electron chi connectivity index (χ3n) is 3.53. The Morgan fingerprint density at radius 3 is 2.71 bits per heavy atom. The van der Waals surface area contributed by atoms with Crippen LogP contribution >= 0.6 is 12.2 Å². The molecule has 0 aromatic heterocycles. The molecule has 0 saturated carbocycles. The number of nitrogens with one attached hydrogen (secondary N) is 2. The molecule has 1 atom stereocenters. The Kier molecular flexibility index (Phi) is 7.90. The fourth-order valence-electron chi connectivity index (χ4n) is 2.12. The van der Waals surface area contributed by atoms with Gasteiger partial charge in [-0.15, -0.1) is 0 Å². The van der Waals surface area contributed by atoms with E-state index < -0.39 is 0 Å². The zero-order valence-corrected chi connectivity index (χ0v) is 13.9. The van der Waals surface area contributed by atoms with Crippen LogP contribution in [-0.2, 0) is 0 Å². The van der Waals surface area contributed by atoms with Crippen molar-refractivity contribution < 1.29 is 9.84 Å². The van der Waals surface area contributed by atoms with E-state index in [1.54, 1.807) is 12.1 Å². The number of methoxy groups -OCH3 is 1. The van der Waals surface area contributed by atoms with Crippen LogP contribution in [0.5, 0.6) is 11.5 Å². The zero-order valence-electron chi connectivity index (χ0n) is 13.1. The number of unbranched alkanes of at least 4 members (excludes halogenated alkanes) is 1. The predicted molar refractivity (Wildman–Crippen MR) is 92.2 cm³/mol. The van der Waals surface area contributed by atoms with Gasteiger partial charge in [-0.25, -0.2) is 0 Å². The minimum Gasteiger partial charge on any atom is -0.504 e. The minimum absolute atomic E-state index is 0.0969. The van der Waals surface area contributed by atoms with Gasteiger partial charge in [0.2, 0.25) is 0 Å². The number of aromatic hydroxyl groups is 1. The van der Waals surface area contributed by atoms with Crippen LogP contribution in [0.15, 0.2) is 18.2 Å². The van der Waals surface area contributed by atoms with Crippen molar-refractivity contribution in [2.24, 2.45) is 5.92 Å². The van der Waals surface area contributed by atoms with Gasteiger partial charge in [0.05, 0.1) is 7.11 Å². The lowest BCUT2D eigenvalue weighted by Crippen LogP contribution is -2.32. The van der Waals surface area contributed by atoms with E-state index in [0.29, 0.717) is 16.8 Å². The maximum absolute atomic E-state index is 9.73. The highest BCUT2D eigenvalue weighted by Gasteiger charge is 2.07. The number of benzene rings is 1. The summed E-state index contributed by atoms with van der Waals surface area (Å²) in [5.41, 5.74) is 0.743. The summed E-state index contributed by atoms with van der Waals surface area (Å²) in [4.78, 5) is 0. The fraction of sp³-hybridized carbons (Fsp3) is 0.562. The van der Waals surface area contributed by atoms with E-state index in [9.17, 15) is 5.11 Å². The van der Waals surface area contributed by atoms with Gasteiger partial charge in [-0.3, -0.25) is 0 Å². The van der Waals surface area contributed by atoms with Crippen molar-refractivity contribution in [1.82, 2.24) is 5.32 Å². The smallest absolute Gasteiger partial charge is 0.170 e. The van der Waals surface area contributed by atoms with Gasteiger partial charge in [0, 0.05) is 18.3 Å². The summed E-state index contributed by atoms with van der Waals surface area (Å²) >= 11 is 5.28. The minimum atomic E-state index is 0.0969. The SMILES string of the molecule is CCCC[C@@H](CC)CNC(=S)Nc1ccc(OC)c(O)c1. The number of hydrogen-bond donors (Lipinski definition) is 3. The van der Waals surface area contributed by atoms with E-state index in [2.05, 4.69) is 24.5 Å². The first kappa shape index (κ1) is 17.6. The molecular formula is C16H26N2O2S. The van der Waals surface area contributed by atoms with Gasteiger partial charge in [0.1, 0.15) is 0 Å². The molecule has 0 bridgehead atoms. The first-order chi connectivity index (χ1) is 10.1. The maximum atomic E-state index is 9.73. The Morgan fingerprint density at radius 2 is 2.14 bits per heavy atom. The lowest BCUT2D eigenvalue weighted by atomic mass is 9.99. The molecule has 0 amide bonds. The number of rotatable bonds is 8. The van der Waals surface area contributed by atoms with E-state index in [0.717, 1.165) is 18.7 Å². The second-order valence-electron chi connectivity index (χ2n) is 5.14. The van der Waals surface area contributed by atoms with Gasteiger partial charge < -0.3 is 20.5 Å². The molecule has 4 nitrogen and oxygen atoms in total. The lowest BCUT2D eigenvalue weighted by Gasteiger charge is -2.17. The Labute approximate surface area is 132 Å². The Balaban J connectivity index is 2.44. The van der Waals surface area contributed by atoms with Crippen LogP contribution in [0.4, 0.5) is 5.69 Å². The van der Waals surface area contributed by atoms with Crippen molar-refractivity contribution in [3.63, 3.8) is 0 Å². The Bertz CT molecular complexity index is 452. The molecule has 0 aliphatic rings. The highest BCUT2D eigenvalue weighted by Crippen LogP contribution is 2.28. The van der Waals surface area contributed by atoms with Crippen molar-refractivity contribution in [2.45, 2.75) is 39.5 Å². The normalized spacial score (nSPS) is 11.8. The zero-order chi connectivity index (χ0) is 15.7. The highest BCUT2D eigenvalue weighted by molar-refractivity contribution is 7.80. The molecular weight excluding hydrogens is 284 g/mol. The van der Waals surface area contributed by atoms with Crippen molar-refractivity contribution in [3.8, 4) is 11.5 Å². The highest BCUT2D eigenvalue weighted by atomic mass is 32.1. The summed E-state index contributed by atoms with van der Waals surface area (Å²) in [6.45, 7) is 5.30. The standard InChI is InChI=1S/C16H26N2O2S/c1-4-6-7-12(5-2)11-17-16(21)18-13-8-9-15(20-3)14(19)10-13/h8-10,12,19H,4-7,11H2,1-3H3,(H2,17,18,21)/t12-/m1/s1. The Morgan fingerprint density at radius 1 is 1.38 bits per heavy atom. The van der Waals surface area contributed by atoms with Crippen molar-refractivity contribution in [1.29, 1.82) is 0 Å². The second kappa shape index (κ2) is 9.45. The number of phenols is 1. The fourth-order valence-corrected chi connectivity index (χ4v) is 2.32. The molecule has 3 N–H and O–H groups in total. The summed E-state index contributed by atoms with van der Waals surface area (Å²) in [6.07, 6.45) is 4.86. The third-order valence-corrected chi connectivity index (χ3v) is 3.78. The van der Waals surface area contributed by atoms with Crippen LogP contribution < -0.4 is 15.4 Å². The third kappa shape index (κ3) is 6.21. The molecule has 21 heavy (non-hydrogen) atoms. The van der Waals surface area contributed by atoms with E-state index in [-0.39, 0.29) is 5.75 Å². The van der Waals surface area contributed by atoms with Crippen LogP contribution in [0.25, 0.3) is 0 Å². The summed E-state index contributed by atoms with van der Waals surface area (Å²) < 4.78 is 5.01. The van der Waals surface area contributed by atoms with Crippen molar-refractivity contribution in [3.05, 3.63) is 18.2 Å². The van der Waals surface area contributed by atoms with Crippen LogP contribution in [0.2, 0.25) is 0 Å². The Hall–Kier alpha value is -1.49. The molecule has 5 heteroatoms. The van der Waals surface area contributed by atoms with Crippen LogP contribution in [0.3, 0.4) is 0 Å². The molecule has 118 valence electrons. The molecule has 1 rings (SSSR count). The van der Waals surface area contributed by atoms with Gasteiger partial charge in [-0.05, 0) is 36.7 Å². The molecule has 0 spiro atoms. The molecule has 0 heterocycles. The monoisotopic (exact) mass is 310 g/mol. The van der Waals surface area contributed by atoms with E-state index >= 15 is 0 Å². The van der Waals surface area contributed by atoms with E-state index in [1.165, 1.54) is 26.4 Å². The quantitative estimate of drug-likeness (QED) is 0.636. The summed E-state index contributed by atoms with van der Waals surface area (Å²) in [6, 6.07) is 5.12. The van der Waals surface area contributed by atoms with Gasteiger partial charge in [-0.2, -0.15) is 0 Å². The number of thiocarbonyl (C=S) groups is 1. The molecule has 1 aromatic rings. The number of anilines is 1. The van der Waals surface area contributed by atoms with Crippen LogP contribution in [0, 0.1) is 5.92 Å². The topological polar surface area (TPSA) is 53.5 Å². The summed E-state index contributed by atoms with van der Waals surface area (Å²) in [5, 5.41) is 16.6. The van der Waals surface area contributed by atoms with Crippen LogP contribution in [0.1, 0.15) is 39.5 Å². The van der Waals surface area contributed by atoms with Crippen molar-refractivity contribution >= 4 is 23.0 Å². The lowest BCUT2D eigenvalue weighted by molar-refractivity contribution is 0.373. The van der Waals surface area contributed by atoms with E-state index in [1.807, 2.05) is 6.07 Å². The number of hydrogen-bond acceptors (Lipinski definition) is 3. The van der Waals surface area contributed by atoms with E-state index in [4.69, 9.17) is 17.0 Å². The largest absolute Gasteiger partial charge is 0.504 e.